The maximum atomic E-state index is 3.59. The highest BCUT2D eigenvalue weighted by molar-refractivity contribution is 5.46. The molecular weight excluding hydrogens is 234 g/mol. The molecule has 1 unspecified atom stereocenters. The van der Waals surface area contributed by atoms with Crippen molar-refractivity contribution in [1.29, 1.82) is 0 Å². The van der Waals surface area contributed by atoms with Crippen LogP contribution >= 0.6 is 0 Å². The number of rotatable bonds is 8. The largest absolute Gasteiger partial charge is 0.378 e. The summed E-state index contributed by atoms with van der Waals surface area (Å²) >= 11 is 0. The first-order chi connectivity index (χ1) is 9.08. The Labute approximate surface area is 118 Å². The van der Waals surface area contributed by atoms with Crippen molar-refractivity contribution < 1.29 is 0 Å². The zero-order valence-electron chi connectivity index (χ0n) is 13.1. The highest BCUT2D eigenvalue weighted by Crippen LogP contribution is 2.17. The minimum atomic E-state index is 0.409. The Kier molecular flexibility index (Phi) is 6.89. The van der Waals surface area contributed by atoms with Crippen molar-refractivity contribution in [2.45, 2.75) is 26.8 Å². The minimum absolute atomic E-state index is 0.409. The van der Waals surface area contributed by atoms with Gasteiger partial charge in [0.2, 0.25) is 0 Å². The first-order valence-corrected chi connectivity index (χ1v) is 7.31. The van der Waals surface area contributed by atoms with Gasteiger partial charge in [-0.15, -0.1) is 0 Å². The lowest BCUT2D eigenvalue weighted by molar-refractivity contribution is 0.298. The van der Waals surface area contributed by atoms with Crippen molar-refractivity contribution in [2.24, 2.45) is 0 Å². The Morgan fingerprint density at radius 3 is 2.11 bits per heavy atom. The highest BCUT2D eigenvalue weighted by Gasteiger charge is 2.06. The summed E-state index contributed by atoms with van der Waals surface area (Å²) in [6.45, 7) is 11.1. The van der Waals surface area contributed by atoms with E-state index >= 15 is 0 Å². The zero-order chi connectivity index (χ0) is 14.3. The molecule has 0 aliphatic heterocycles. The van der Waals surface area contributed by atoms with Crippen LogP contribution in [0.1, 0.15) is 32.4 Å². The van der Waals surface area contributed by atoms with Crippen molar-refractivity contribution in [3.8, 4) is 0 Å². The molecule has 0 saturated heterocycles. The van der Waals surface area contributed by atoms with E-state index < -0.39 is 0 Å². The van der Waals surface area contributed by atoms with E-state index in [-0.39, 0.29) is 0 Å². The summed E-state index contributed by atoms with van der Waals surface area (Å²) in [7, 11) is 4.14. The maximum absolute atomic E-state index is 3.59. The average molecular weight is 263 g/mol. The van der Waals surface area contributed by atoms with Gasteiger partial charge in [0.15, 0.2) is 0 Å². The molecule has 0 heterocycles. The number of benzene rings is 1. The summed E-state index contributed by atoms with van der Waals surface area (Å²) < 4.78 is 0. The van der Waals surface area contributed by atoms with Gasteiger partial charge in [-0.3, -0.25) is 0 Å². The van der Waals surface area contributed by atoms with E-state index in [1.54, 1.807) is 0 Å². The molecular formula is C16H29N3. The Balaban J connectivity index is 2.42. The van der Waals surface area contributed by atoms with Gasteiger partial charge in [0.1, 0.15) is 0 Å². The Morgan fingerprint density at radius 1 is 1.05 bits per heavy atom. The summed E-state index contributed by atoms with van der Waals surface area (Å²) in [6, 6.07) is 9.19. The van der Waals surface area contributed by atoms with Gasteiger partial charge in [-0.1, -0.05) is 26.0 Å². The molecule has 3 heteroatoms. The van der Waals surface area contributed by atoms with Gasteiger partial charge in [-0.05, 0) is 37.7 Å². The van der Waals surface area contributed by atoms with Crippen molar-refractivity contribution in [3.05, 3.63) is 29.8 Å². The lowest BCUT2D eigenvalue weighted by atomic mass is 10.1. The highest BCUT2D eigenvalue weighted by atomic mass is 15.1. The summed E-state index contributed by atoms with van der Waals surface area (Å²) in [5.74, 6) is 0. The van der Waals surface area contributed by atoms with Gasteiger partial charge in [0, 0.05) is 38.9 Å². The van der Waals surface area contributed by atoms with Crippen LogP contribution in [0.5, 0.6) is 0 Å². The molecule has 0 bridgehead atoms. The monoisotopic (exact) mass is 263 g/mol. The van der Waals surface area contributed by atoms with Crippen LogP contribution in [0.15, 0.2) is 24.3 Å². The third-order valence-corrected chi connectivity index (χ3v) is 3.68. The second kappa shape index (κ2) is 8.18. The van der Waals surface area contributed by atoms with E-state index in [1.165, 1.54) is 11.3 Å². The lowest BCUT2D eigenvalue weighted by Gasteiger charge is -2.21. The van der Waals surface area contributed by atoms with E-state index in [0.717, 1.165) is 26.2 Å². The van der Waals surface area contributed by atoms with Crippen LogP contribution < -0.4 is 10.2 Å². The molecule has 0 amide bonds. The molecule has 0 saturated carbocycles. The van der Waals surface area contributed by atoms with Crippen LogP contribution in [-0.4, -0.2) is 45.2 Å². The maximum Gasteiger partial charge on any atom is 0.0361 e. The topological polar surface area (TPSA) is 18.5 Å². The van der Waals surface area contributed by atoms with Crippen LogP contribution in [0.4, 0.5) is 5.69 Å². The average Bonchev–Trinajstić information content (AvgIpc) is 2.43. The summed E-state index contributed by atoms with van der Waals surface area (Å²) in [6.07, 6.45) is 0. The summed E-state index contributed by atoms with van der Waals surface area (Å²) in [4.78, 5) is 4.57. The van der Waals surface area contributed by atoms with Crippen molar-refractivity contribution in [1.82, 2.24) is 10.2 Å². The predicted molar refractivity (Wildman–Crippen MR) is 85.0 cm³/mol. The van der Waals surface area contributed by atoms with Gasteiger partial charge in [0.05, 0.1) is 0 Å². The van der Waals surface area contributed by atoms with Crippen molar-refractivity contribution in [3.63, 3.8) is 0 Å². The predicted octanol–water partition coefficient (Wildman–Crippen LogP) is 2.75. The normalized spacial score (nSPS) is 12.7. The molecule has 1 aromatic rings. The molecule has 1 N–H and O–H groups in total. The van der Waals surface area contributed by atoms with Gasteiger partial charge in [-0.2, -0.15) is 0 Å². The Bertz CT molecular complexity index is 342. The van der Waals surface area contributed by atoms with E-state index in [0.29, 0.717) is 6.04 Å². The number of hydrogen-bond acceptors (Lipinski definition) is 3. The molecule has 0 aliphatic carbocycles. The van der Waals surface area contributed by atoms with E-state index in [9.17, 15) is 0 Å². The molecule has 108 valence electrons. The number of nitrogens with one attached hydrogen (secondary N) is 1. The fraction of sp³-hybridized carbons (Fsp3) is 0.625. The number of anilines is 1. The standard InChI is InChI=1S/C16H29N3/c1-6-19(7-2)13-12-17-14(3)15-8-10-16(11-9-15)18(4)5/h8-11,14,17H,6-7,12-13H2,1-5H3. The van der Waals surface area contributed by atoms with Crippen LogP contribution in [0, 0.1) is 0 Å². The fourth-order valence-corrected chi connectivity index (χ4v) is 2.16. The molecule has 0 radical (unpaired) electrons. The van der Waals surface area contributed by atoms with Crippen LogP contribution in [0.25, 0.3) is 0 Å². The molecule has 19 heavy (non-hydrogen) atoms. The number of nitrogens with zero attached hydrogens (tertiary/aromatic N) is 2. The summed E-state index contributed by atoms with van der Waals surface area (Å²) in [5, 5.41) is 3.59. The van der Waals surface area contributed by atoms with E-state index in [1.807, 2.05) is 0 Å². The zero-order valence-corrected chi connectivity index (χ0v) is 13.1. The molecule has 1 aromatic carbocycles. The van der Waals surface area contributed by atoms with Crippen LogP contribution in [0.2, 0.25) is 0 Å². The van der Waals surface area contributed by atoms with Gasteiger partial charge in [0.25, 0.3) is 0 Å². The number of likely N-dealkylation sites (N-methyl/N-ethyl adjacent to an activating group) is 1. The molecule has 3 nitrogen and oxygen atoms in total. The van der Waals surface area contributed by atoms with Crippen LogP contribution in [0.3, 0.4) is 0 Å². The SMILES string of the molecule is CCN(CC)CCNC(C)c1ccc(N(C)C)cc1. The molecule has 0 spiro atoms. The van der Waals surface area contributed by atoms with Gasteiger partial charge in [-0.25, -0.2) is 0 Å². The van der Waals surface area contributed by atoms with Crippen molar-refractivity contribution >= 4 is 5.69 Å². The second-order valence-electron chi connectivity index (χ2n) is 5.19. The second-order valence-corrected chi connectivity index (χ2v) is 5.19. The van der Waals surface area contributed by atoms with Crippen molar-refractivity contribution in [2.75, 3.05) is 45.2 Å². The lowest BCUT2D eigenvalue weighted by Crippen LogP contribution is -2.33. The van der Waals surface area contributed by atoms with E-state index in [2.05, 4.69) is 74.2 Å². The smallest absolute Gasteiger partial charge is 0.0361 e. The third kappa shape index (κ3) is 5.21. The molecule has 0 aromatic heterocycles. The summed E-state index contributed by atoms with van der Waals surface area (Å²) in [5.41, 5.74) is 2.60. The quantitative estimate of drug-likeness (QED) is 0.778. The Hall–Kier alpha value is -1.06. The third-order valence-electron chi connectivity index (χ3n) is 3.68. The minimum Gasteiger partial charge on any atom is -0.378 e. The fourth-order valence-electron chi connectivity index (χ4n) is 2.16. The Morgan fingerprint density at radius 2 is 1.63 bits per heavy atom. The molecule has 0 aliphatic rings. The first kappa shape index (κ1) is 16.0. The number of hydrogen-bond donors (Lipinski definition) is 1. The van der Waals surface area contributed by atoms with Gasteiger partial charge < -0.3 is 15.1 Å². The van der Waals surface area contributed by atoms with Gasteiger partial charge >= 0.3 is 0 Å². The first-order valence-electron chi connectivity index (χ1n) is 7.31. The van der Waals surface area contributed by atoms with Crippen LogP contribution in [-0.2, 0) is 0 Å². The molecule has 1 atom stereocenters. The molecule has 1 rings (SSSR count). The van der Waals surface area contributed by atoms with E-state index in [4.69, 9.17) is 0 Å². The molecule has 0 fully saturated rings.